The molecule has 3 atom stereocenters. The van der Waals surface area contributed by atoms with Gasteiger partial charge in [0, 0.05) is 43.8 Å². The van der Waals surface area contributed by atoms with Crippen LogP contribution in [0.5, 0.6) is 0 Å². The minimum atomic E-state index is -0.276. The number of benzene rings is 2. The van der Waals surface area contributed by atoms with Crippen LogP contribution in [0.25, 0.3) is 21.9 Å². The Morgan fingerprint density at radius 1 is 1.13 bits per heavy atom. The van der Waals surface area contributed by atoms with Crippen molar-refractivity contribution < 1.29 is 9.44 Å². The zero-order valence-electron chi connectivity index (χ0n) is 22.6. The molecule has 2 N–H and O–H groups in total. The molecule has 0 spiro atoms. The Morgan fingerprint density at radius 2 is 1.87 bits per heavy atom. The summed E-state index contributed by atoms with van der Waals surface area (Å²) in [6.45, 7) is 8.16. The van der Waals surface area contributed by atoms with Gasteiger partial charge in [0.15, 0.2) is 5.82 Å². The van der Waals surface area contributed by atoms with Crippen LogP contribution in [-0.2, 0) is 24.3 Å². The number of carbonyl (C=O) groups is 1. The molecular weight excluding hydrogens is 476 g/mol. The molecule has 2 aromatic heterocycles. The number of nitrogen functional groups attached to an aromatic ring is 1. The molecule has 0 saturated carbocycles. The van der Waals surface area contributed by atoms with E-state index in [1.165, 1.54) is 0 Å². The van der Waals surface area contributed by atoms with E-state index >= 15 is 0 Å². The van der Waals surface area contributed by atoms with Crippen molar-refractivity contribution in [3.8, 4) is 0 Å². The van der Waals surface area contributed by atoms with Crippen LogP contribution >= 0.6 is 0 Å². The molecule has 5 rings (SSSR count). The molecule has 0 bridgehead atoms. The smallest absolute Gasteiger partial charge is 0.219 e. The zero-order valence-corrected chi connectivity index (χ0v) is 22.6. The normalized spacial score (nSPS) is 21.4. The van der Waals surface area contributed by atoms with Crippen molar-refractivity contribution in [3.05, 3.63) is 71.2 Å². The fraction of sp³-hybridized carbons (Fsp3) is 0.433. The van der Waals surface area contributed by atoms with E-state index in [0.717, 1.165) is 65.6 Å². The fourth-order valence-corrected chi connectivity index (χ4v) is 6.17. The molecule has 8 nitrogen and oxygen atoms in total. The first-order valence-electron chi connectivity index (χ1n) is 13.7. The van der Waals surface area contributed by atoms with Crippen molar-refractivity contribution in [2.45, 2.75) is 71.6 Å². The fourth-order valence-electron chi connectivity index (χ4n) is 6.17. The lowest BCUT2D eigenvalue weighted by Crippen LogP contribution is -2.52. The van der Waals surface area contributed by atoms with Gasteiger partial charge in [0.25, 0.3) is 0 Å². The monoisotopic (exact) mass is 514 g/mol. The molecule has 3 unspecified atom stereocenters. The van der Waals surface area contributed by atoms with Gasteiger partial charge in [0.1, 0.15) is 23.9 Å². The summed E-state index contributed by atoms with van der Waals surface area (Å²) >= 11 is 0. The molecule has 8 heteroatoms. The largest absolute Gasteiger partial charge is 0.632 e. The van der Waals surface area contributed by atoms with Gasteiger partial charge in [-0.25, -0.2) is 9.97 Å². The number of nitrogens with zero attached hydrogens (tertiary/aromatic N) is 5. The van der Waals surface area contributed by atoms with Crippen molar-refractivity contribution in [1.82, 2.24) is 19.4 Å². The number of imidazole rings is 1. The maximum absolute atomic E-state index is 13.7. The van der Waals surface area contributed by atoms with E-state index in [1.807, 2.05) is 60.4 Å². The minimum absolute atomic E-state index is 0.0381. The highest BCUT2D eigenvalue weighted by atomic mass is 16.5. The molecule has 4 aromatic rings. The van der Waals surface area contributed by atoms with Crippen molar-refractivity contribution in [1.29, 1.82) is 0 Å². The maximum atomic E-state index is 13.7. The molecule has 0 aliphatic carbocycles. The van der Waals surface area contributed by atoms with Crippen LogP contribution in [-0.4, -0.2) is 55.2 Å². The lowest BCUT2D eigenvalue weighted by Gasteiger charge is -2.45. The van der Waals surface area contributed by atoms with Gasteiger partial charge in [-0.1, -0.05) is 55.5 Å². The van der Waals surface area contributed by atoms with Crippen LogP contribution in [0.4, 0.5) is 5.82 Å². The number of unbranched alkanes of at least 4 members (excludes halogenated alkanes) is 1. The second-order valence-corrected chi connectivity index (χ2v) is 10.6. The van der Waals surface area contributed by atoms with Crippen LogP contribution in [0.2, 0.25) is 0 Å². The standard InChI is InChI=1S/C30H38N6O2/c1-4-27-33-28-29(24-14-8-9-15-25(24)32-30(28)31)35(27)18-11-10-17-34(22(3)37)26-16-19-36(38,21(26)2)20-23-12-6-5-7-13-23/h5-9,12-15,21,26H,4,10-11,16-20H2,1-3H3,(H2,31,32). The van der Waals surface area contributed by atoms with Gasteiger partial charge in [-0.2, -0.15) is 0 Å². The van der Waals surface area contributed by atoms with E-state index < -0.39 is 0 Å². The number of amides is 1. The highest BCUT2D eigenvalue weighted by Gasteiger charge is 2.43. The Balaban J connectivity index is 1.29. The summed E-state index contributed by atoms with van der Waals surface area (Å²) in [5.41, 5.74) is 9.99. The van der Waals surface area contributed by atoms with E-state index in [-0.39, 0.29) is 22.6 Å². The lowest BCUT2D eigenvalue weighted by molar-refractivity contribution is -0.904. The molecule has 1 saturated heterocycles. The molecule has 200 valence electrons. The molecular formula is C30H38N6O2. The van der Waals surface area contributed by atoms with Crippen LogP contribution in [0.15, 0.2) is 54.6 Å². The van der Waals surface area contributed by atoms with E-state index in [4.69, 9.17) is 10.7 Å². The van der Waals surface area contributed by atoms with Crippen LogP contribution in [0, 0.1) is 5.21 Å². The number of rotatable bonds is 9. The van der Waals surface area contributed by atoms with Gasteiger partial charge >= 0.3 is 0 Å². The number of fused-ring (bicyclic) bond motifs is 3. The number of hydrogen-bond acceptors (Lipinski definition) is 5. The molecule has 1 aliphatic rings. The predicted octanol–water partition coefficient (Wildman–Crippen LogP) is 5.03. The zero-order chi connectivity index (χ0) is 26.9. The SMILES string of the molecule is CCc1nc2c(N)nc3ccccc3c2n1CCCCN(C(C)=O)C1CC[N+]([O-])(Cc2ccccc2)C1C. The molecule has 3 heterocycles. The topological polar surface area (TPSA) is 100 Å². The number of hydrogen-bond donors (Lipinski definition) is 1. The number of aryl methyl sites for hydroxylation is 2. The number of aromatic nitrogens is 3. The Hall–Kier alpha value is -3.49. The van der Waals surface area contributed by atoms with Crippen LogP contribution in [0.3, 0.4) is 0 Å². The summed E-state index contributed by atoms with van der Waals surface area (Å²) in [5, 5.41) is 14.8. The molecule has 0 radical (unpaired) electrons. The third kappa shape index (κ3) is 4.86. The summed E-state index contributed by atoms with van der Waals surface area (Å²) in [4.78, 5) is 24.0. The third-order valence-corrected chi connectivity index (χ3v) is 8.24. The number of carbonyl (C=O) groups excluding carboxylic acids is 1. The average molecular weight is 515 g/mol. The number of hydroxylamine groups is 3. The highest BCUT2D eigenvalue weighted by Crippen LogP contribution is 2.33. The third-order valence-electron chi connectivity index (χ3n) is 8.24. The number of anilines is 1. The quantitative estimate of drug-likeness (QED) is 0.192. The summed E-state index contributed by atoms with van der Waals surface area (Å²) in [5.74, 6) is 1.49. The maximum Gasteiger partial charge on any atom is 0.219 e. The van der Waals surface area contributed by atoms with E-state index in [2.05, 4.69) is 22.5 Å². The summed E-state index contributed by atoms with van der Waals surface area (Å²) in [6, 6.07) is 17.8. The van der Waals surface area contributed by atoms with Crippen molar-refractivity contribution in [3.63, 3.8) is 0 Å². The Morgan fingerprint density at radius 3 is 2.61 bits per heavy atom. The van der Waals surface area contributed by atoms with E-state index in [0.29, 0.717) is 25.5 Å². The lowest BCUT2D eigenvalue weighted by atomic mass is 10.1. The molecule has 2 aromatic carbocycles. The molecule has 1 amide bonds. The van der Waals surface area contributed by atoms with Gasteiger partial charge in [-0.15, -0.1) is 0 Å². The van der Waals surface area contributed by atoms with E-state index in [9.17, 15) is 10.0 Å². The predicted molar refractivity (Wildman–Crippen MR) is 152 cm³/mol. The summed E-state index contributed by atoms with van der Waals surface area (Å²) in [6.07, 6.45) is 3.27. The summed E-state index contributed by atoms with van der Waals surface area (Å²) < 4.78 is 1.99. The van der Waals surface area contributed by atoms with Gasteiger partial charge in [0.05, 0.1) is 23.6 Å². The molecule has 1 fully saturated rings. The summed E-state index contributed by atoms with van der Waals surface area (Å²) in [7, 11) is 0. The van der Waals surface area contributed by atoms with Crippen LogP contribution in [0.1, 0.15) is 51.4 Å². The first-order valence-corrected chi connectivity index (χ1v) is 13.7. The first-order chi connectivity index (χ1) is 18.3. The van der Waals surface area contributed by atoms with Crippen molar-refractivity contribution in [2.75, 3.05) is 18.8 Å². The number of para-hydroxylation sites is 1. The average Bonchev–Trinajstić information content (AvgIpc) is 3.42. The Labute approximate surface area is 224 Å². The van der Waals surface area contributed by atoms with Gasteiger partial charge in [-0.05, 0) is 25.8 Å². The minimum Gasteiger partial charge on any atom is -0.632 e. The molecule has 38 heavy (non-hydrogen) atoms. The van der Waals surface area contributed by atoms with Crippen molar-refractivity contribution >= 4 is 33.7 Å². The second kappa shape index (κ2) is 10.7. The Bertz CT molecular complexity index is 1440. The van der Waals surface area contributed by atoms with Gasteiger partial charge in [0.2, 0.25) is 5.91 Å². The Kier molecular flexibility index (Phi) is 7.36. The van der Waals surface area contributed by atoms with Gasteiger partial charge in [-0.3, -0.25) is 4.79 Å². The highest BCUT2D eigenvalue weighted by molar-refractivity contribution is 6.06. The number of quaternary nitrogens is 1. The molecule has 1 aliphatic heterocycles. The van der Waals surface area contributed by atoms with Gasteiger partial charge < -0.3 is 25.1 Å². The van der Waals surface area contributed by atoms with E-state index in [1.54, 1.807) is 6.92 Å². The first kappa shape index (κ1) is 26.1. The van der Waals surface area contributed by atoms with Crippen LogP contribution < -0.4 is 5.73 Å². The number of likely N-dealkylation sites (tertiary alicyclic amines) is 1. The number of pyridine rings is 1. The second-order valence-electron chi connectivity index (χ2n) is 10.6. The number of nitrogens with two attached hydrogens (primary N) is 1. The van der Waals surface area contributed by atoms with Crippen molar-refractivity contribution in [2.24, 2.45) is 0 Å².